The average molecular weight is 269 g/mol. The molecule has 1 aromatic rings. The van der Waals surface area contributed by atoms with Gasteiger partial charge in [-0.3, -0.25) is 0 Å². The fourth-order valence-corrected chi connectivity index (χ4v) is 2.95. The Labute approximate surface area is 106 Å². The van der Waals surface area contributed by atoms with Gasteiger partial charge in [0.1, 0.15) is 5.75 Å². The van der Waals surface area contributed by atoms with Crippen molar-refractivity contribution in [3.05, 3.63) is 18.2 Å². The van der Waals surface area contributed by atoms with Crippen LogP contribution >= 0.6 is 0 Å². The number of phenolic OH excluding ortho intramolecular Hbond substituents is 1. The van der Waals surface area contributed by atoms with Crippen LogP contribution in [0.4, 0.5) is 5.69 Å². The van der Waals surface area contributed by atoms with Gasteiger partial charge in [-0.2, -0.15) is 9.57 Å². The minimum atomic E-state index is -3.67. The lowest BCUT2D eigenvalue weighted by Gasteiger charge is -2.19. The van der Waals surface area contributed by atoms with Gasteiger partial charge >= 0.3 is 0 Å². The van der Waals surface area contributed by atoms with Crippen LogP contribution in [0.3, 0.4) is 0 Å². The van der Waals surface area contributed by atoms with Gasteiger partial charge in [-0.25, -0.2) is 8.42 Å². The first-order valence-corrected chi connectivity index (χ1v) is 6.83. The molecule has 0 spiro atoms. The van der Waals surface area contributed by atoms with Gasteiger partial charge in [0.15, 0.2) is 0 Å². The number of nitriles is 1. The molecule has 0 atom stereocenters. The summed E-state index contributed by atoms with van der Waals surface area (Å²) < 4.78 is 25.6. The summed E-state index contributed by atoms with van der Waals surface area (Å²) in [5.41, 5.74) is 5.48. The highest BCUT2D eigenvalue weighted by atomic mass is 32.2. The first kappa shape index (κ1) is 14.3. The van der Waals surface area contributed by atoms with Crippen molar-refractivity contribution in [2.24, 2.45) is 0 Å². The first-order chi connectivity index (χ1) is 8.43. The molecule has 0 heterocycles. The zero-order valence-electron chi connectivity index (χ0n) is 10.00. The zero-order chi connectivity index (χ0) is 13.8. The number of nitrogen functional groups attached to an aromatic ring is 1. The summed E-state index contributed by atoms with van der Waals surface area (Å²) in [7, 11) is -3.67. The largest absolute Gasteiger partial charge is 0.506 e. The third-order valence-electron chi connectivity index (χ3n) is 2.46. The molecule has 0 amide bonds. The Hall–Kier alpha value is -1.78. The second-order valence-electron chi connectivity index (χ2n) is 3.63. The van der Waals surface area contributed by atoms with E-state index in [1.54, 1.807) is 6.92 Å². The zero-order valence-corrected chi connectivity index (χ0v) is 10.8. The summed E-state index contributed by atoms with van der Waals surface area (Å²) in [6.07, 6.45) is 0.126. The molecule has 6 nitrogen and oxygen atoms in total. The lowest BCUT2D eigenvalue weighted by molar-refractivity contribution is 0.434. The summed E-state index contributed by atoms with van der Waals surface area (Å²) in [6, 6.07) is 5.64. The molecule has 98 valence electrons. The smallest absolute Gasteiger partial charge is 0.243 e. The van der Waals surface area contributed by atoms with E-state index in [4.69, 9.17) is 11.0 Å². The monoisotopic (exact) mass is 269 g/mol. The number of aromatic hydroxyl groups is 1. The van der Waals surface area contributed by atoms with Gasteiger partial charge in [0, 0.05) is 19.5 Å². The quantitative estimate of drug-likeness (QED) is 0.610. The van der Waals surface area contributed by atoms with Crippen molar-refractivity contribution in [2.45, 2.75) is 18.2 Å². The van der Waals surface area contributed by atoms with Crippen LogP contribution in [-0.2, 0) is 10.0 Å². The van der Waals surface area contributed by atoms with Crippen LogP contribution in [0.5, 0.6) is 5.75 Å². The predicted molar refractivity (Wildman–Crippen MR) is 67.2 cm³/mol. The fraction of sp³-hybridized carbons (Fsp3) is 0.364. The Morgan fingerprint density at radius 2 is 2.17 bits per heavy atom. The van der Waals surface area contributed by atoms with E-state index in [1.807, 2.05) is 6.07 Å². The molecular formula is C11H15N3O3S. The Balaban J connectivity index is 3.11. The summed E-state index contributed by atoms with van der Waals surface area (Å²) in [5, 5.41) is 17.8. The predicted octanol–water partition coefficient (Wildman–Crippen LogP) is 0.899. The van der Waals surface area contributed by atoms with E-state index >= 15 is 0 Å². The maximum absolute atomic E-state index is 12.2. The summed E-state index contributed by atoms with van der Waals surface area (Å²) >= 11 is 0. The van der Waals surface area contributed by atoms with E-state index in [0.717, 1.165) is 0 Å². The van der Waals surface area contributed by atoms with Crippen molar-refractivity contribution in [1.82, 2.24) is 4.31 Å². The molecule has 3 N–H and O–H groups in total. The maximum Gasteiger partial charge on any atom is 0.243 e. The molecule has 0 aliphatic rings. The van der Waals surface area contributed by atoms with E-state index in [-0.39, 0.29) is 35.8 Å². The molecule has 0 aromatic heterocycles. The third-order valence-corrected chi connectivity index (χ3v) is 4.43. The normalized spacial score (nSPS) is 11.4. The molecule has 0 fully saturated rings. The van der Waals surface area contributed by atoms with E-state index < -0.39 is 10.0 Å². The maximum atomic E-state index is 12.2. The van der Waals surface area contributed by atoms with Crippen molar-refractivity contribution in [2.75, 3.05) is 18.8 Å². The van der Waals surface area contributed by atoms with E-state index in [0.29, 0.717) is 0 Å². The van der Waals surface area contributed by atoms with E-state index in [1.165, 1.54) is 22.5 Å². The minimum absolute atomic E-state index is 0.00686. The Morgan fingerprint density at radius 3 is 2.67 bits per heavy atom. The van der Waals surface area contributed by atoms with Gasteiger partial charge in [0.25, 0.3) is 0 Å². The van der Waals surface area contributed by atoms with E-state index in [2.05, 4.69) is 0 Å². The highest BCUT2D eigenvalue weighted by Crippen LogP contribution is 2.25. The van der Waals surface area contributed by atoms with Crippen LogP contribution in [0.1, 0.15) is 13.3 Å². The number of sulfonamides is 1. The number of benzene rings is 1. The standard InChI is InChI=1S/C11H15N3O3S/c1-2-14(7-3-6-12)18(16,17)9-4-5-11(15)10(13)8-9/h4-5,8,15H,2-3,7,13H2,1H3. The second-order valence-corrected chi connectivity index (χ2v) is 5.56. The van der Waals surface area contributed by atoms with Crippen LogP contribution in [0.2, 0.25) is 0 Å². The average Bonchev–Trinajstić information content (AvgIpc) is 2.33. The molecular weight excluding hydrogens is 254 g/mol. The Kier molecular flexibility index (Phi) is 4.53. The third kappa shape index (κ3) is 2.91. The van der Waals surface area contributed by atoms with Gasteiger partial charge in [0.05, 0.1) is 16.7 Å². The lowest BCUT2D eigenvalue weighted by Crippen LogP contribution is -2.31. The number of hydrogen-bond donors (Lipinski definition) is 2. The van der Waals surface area contributed by atoms with Crippen LogP contribution in [0, 0.1) is 11.3 Å². The number of phenols is 1. The molecule has 0 saturated carbocycles. The van der Waals surface area contributed by atoms with Crippen molar-refractivity contribution in [3.63, 3.8) is 0 Å². The second kappa shape index (κ2) is 5.71. The topological polar surface area (TPSA) is 107 Å². The molecule has 0 unspecified atom stereocenters. The van der Waals surface area contributed by atoms with Crippen molar-refractivity contribution in [1.29, 1.82) is 5.26 Å². The first-order valence-electron chi connectivity index (χ1n) is 5.39. The number of nitrogens with two attached hydrogens (primary N) is 1. The summed E-state index contributed by atoms with van der Waals surface area (Å²) in [5.74, 6) is -0.158. The van der Waals surface area contributed by atoms with Gasteiger partial charge in [-0.05, 0) is 18.2 Å². The number of nitrogens with zero attached hydrogens (tertiary/aromatic N) is 2. The molecule has 0 bridgehead atoms. The molecule has 7 heteroatoms. The molecule has 18 heavy (non-hydrogen) atoms. The van der Waals surface area contributed by atoms with Crippen LogP contribution in [0.25, 0.3) is 0 Å². The van der Waals surface area contributed by atoms with Gasteiger partial charge in [-0.1, -0.05) is 6.92 Å². The highest BCUT2D eigenvalue weighted by molar-refractivity contribution is 7.89. The number of rotatable bonds is 5. The van der Waals surface area contributed by atoms with Gasteiger partial charge in [-0.15, -0.1) is 0 Å². The lowest BCUT2D eigenvalue weighted by atomic mass is 10.3. The van der Waals surface area contributed by atoms with Gasteiger partial charge in [0.2, 0.25) is 10.0 Å². The number of hydrogen-bond acceptors (Lipinski definition) is 5. The Bertz CT molecular complexity index is 563. The number of anilines is 1. The van der Waals surface area contributed by atoms with Crippen LogP contribution in [-0.4, -0.2) is 30.9 Å². The van der Waals surface area contributed by atoms with E-state index in [9.17, 15) is 13.5 Å². The summed E-state index contributed by atoms with van der Waals surface area (Å²) in [6.45, 7) is 2.10. The molecule has 0 aliphatic heterocycles. The van der Waals surface area contributed by atoms with Crippen LogP contribution < -0.4 is 5.73 Å². The molecule has 1 rings (SSSR count). The molecule has 0 aliphatic carbocycles. The minimum Gasteiger partial charge on any atom is -0.506 e. The van der Waals surface area contributed by atoms with Gasteiger partial charge < -0.3 is 10.8 Å². The SMILES string of the molecule is CCN(CCC#N)S(=O)(=O)c1ccc(O)c(N)c1. The molecule has 0 radical (unpaired) electrons. The highest BCUT2D eigenvalue weighted by Gasteiger charge is 2.23. The molecule has 1 aromatic carbocycles. The van der Waals surface area contributed by atoms with Crippen molar-refractivity contribution in [3.8, 4) is 11.8 Å². The Morgan fingerprint density at radius 1 is 1.50 bits per heavy atom. The fourth-order valence-electron chi connectivity index (χ4n) is 1.47. The van der Waals surface area contributed by atoms with Crippen molar-refractivity contribution >= 4 is 15.7 Å². The van der Waals surface area contributed by atoms with Crippen LogP contribution in [0.15, 0.2) is 23.1 Å². The molecule has 0 saturated heterocycles. The summed E-state index contributed by atoms with van der Waals surface area (Å²) in [4.78, 5) is 0.0117. The van der Waals surface area contributed by atoms with Crippen molar-refractivity contribution < 1.29 is 13.5 Å².